The van der Waals surface area contributed by atoms with E-state index in [4.69, 9.17) is 15.0 Å². The molecule has 5 atom stereocenters. The Balaban J connectivity index is 1.28. The molecular formula is C31H35N7O8. The lowest BCUT2D eigenvalue weighted by Crippen LogP contribution is -2.43. The van der Waals surface area contributed by atoms with Gasteiger partial charge in [-0.2, -0.15) is 0 Å². The van der Waals surface area contributed by atoms with Crippen LogP contribution in [-0.4, -0.2) is 54.2 Å². The maximum absolute atomic E-state index is 13.4. The lowest BCUT2D eigenvalue weighted by Gasteiger charge is -2.18. The smallest absolute Gasteiger partial charge is 0.338 e. The van der Waals surface area contributed by atoms with Crippen LogP contribution < -0.4 is 22.5 Å². The van der Waals surface area contributed by atoms with Gasteiger partial charge in [-0.1, -0.05) is 28.4 Å². The van der Waals surface area contributed by atoms with Crippen LogP contribution >= 0.6 is 0 Å². The molecule has 46 heavy (non-hydrogen) atoms. The van der Waals surface area contributed by atoms with Gasteiger partial charge in [-0.05, 0) is 50.9 Å². The standard InChI is InChI=1S/C31H35N7O8/c1-18-11-19(2)13-21(12-18)29(42)45-23-6-5-22(14-23)35-10-7-26(40)36(30(35)43)8-4-9-37-28(41)20(3)16-38(31(37)44)27-15-24(33-34-32)25(17-39)46-27/h5-7,10-13,16,22-25,27,39H,4,8-9,14-15,17H2,1-3H3/t22?,23?,24-,25+,27+/m0/s1. The highest BCUT2D eigenvalue weighted by atomic mass is 16.5. The largest absolute Gasteiger partial charge is 0.454 e. The molecule has 1 aromatic carbocycles. The molecule has 2 unspecified atom stereocenters. The van der Waals surface area contributed by atoms with Gasteiger partial charge >= 0.3 is 17.3 Å². The van der Waals surface area contributed by atoms with Gasteiger partial charge in [-0.15, -0.1) is 0 Å². The fourth-order valence-electron chi connectivity index (χ4n) is 6.02. The van der Waals surface area contributed by atoms with Crippen LogP contribution in [0.2, 0.25) is 0 Å². The van der Waals surface area contributed by atoms with E-state index >= 15 is 0 Å². The first kappa shape index (κ1) is 32.4. The summed E-state index contributed by atoms with van der Waals surface area (Å²) in [5.41, 5.74) is 9.10. The Bertz CT molecular complexity index is 1950. The molecule has 5 rings (SSSR count). The first-order chi connectivity index (χ1) is 22.0. The van der Waals surface area contributed by atoms with Crippen molar-refractivity contribution in [2.24, 2.45) is 5.11 Å². The summed E-state index contributed by atoms with van der Waals surface area (Å²) >= 11 is 0. The first-order valence-electron chi connectivity index (χ1n) is 14.9. The fraction of sp³-hybridized carbons (Fsp3) is 0.452. The molecule has 1 aliphatic carbocycles. The highest BCUT2D eigenvalue weighted by Gasteiger charge is 2.36. The van der Waals surface area contributed by atoms with Gasteiger partial charge in [0.1, 0.15) is 12.3 Å². The number of aryl methyl sites for hydroxylation is 3. The Morgan fingerprint density at radius 1 is 1.02 bits per heavy atom. The van der Waals surface area contributed by atoms with Crippen molar-refractivity contribution < 1.29 is 19.4 Å². The van der Waals surface area contributed by atoms with E-state index in [0.29, 0.717) is 12.0 Å². The monoisotopic (exact) mass is 633 g/mol. The molecule has 0 bridgehead atoms. The van der Waals surface area contributed by atoms with Crippen LogP contribution in [0, 0.1) is 20.8 Å². The van der Waals surface area contributed by atoms with E-state index in [2.05, 4.69) is 10.0 Å². The van der Waals surface area contributed by atoms with Crippen LogP contribution in [0.4, 0.5) is 0 Å². The predicted octanol–water partition coefficient (Wildman–Crippen LogP) is 2.03. The van der Waals surface area contributed by atoms with Crippen LogP contribution in [-0.2, 0) is 22.6 Å². The van der Waals surface area contributed by atoms with Gasteiger partial charge in [-0.3, -0.25) is 27.9 Å². The minimum Gasteiger partial charge on any atom is -0.454 e. The molecule has 0 amide bonds. The third-order valence-electron chi connectivity index (χ3n) is 8.22. The molecular weight excluding hydrogens is 598 g/mol. The van der Waals surface area contributed by atoms with Gasteiger partial charge < -0.3 is 14.6 Å². The highest BCUT2D eigenvalue weighted by molar-refractivity contribution is 5.90. The quantitative estimate of drug-likeness (QED) is 0.115. The summed E-state index contributed by atoms with van der Waals surface area (Å²) in [6.45, 7) is 4.77. The maximum atomic E-state index is 13.4. The Labute approximate surface area is 262 Å². The number of ether oxygens (including phenoxy) is 2. The second kappa shape index (κ2) is 13.6. The first-order valence-corrected chi connectivity index (χ1v) is 14.9. The Hall–Kier alpha value is -4.98. The van der Waals surface area contributed by atoms with Crippen molar-refractivity contribution in [1.29, 1.82) is 0 Å². The van der Waals surface area contributed by atoms with Crippen LogP contribution in [0.1, 0.15) is 58.6 Å². The molecule has 242 valence electrons. The SMILES string of the molecule is Cc1cc(C)cc(C(=O)OC2C=CC(n3ccc(=O)n(CCCn4c(=O)c(C)cn([C@H]5C[C@H](N=[N+]=[N-])[C@@H](CO)O5)c4=O)c3=O)C2)c1. The number of hydrogen-bond acceptors (Lipinski definition) is 9. The minimum absolute atomic E-state index is 0.0641. The van der Waals surface area contributed by atoms with Gasteiger partial charge in [0.15, 0.2) is 0 Å². The lowest BCUT2D eigenvalue weighted by molar-refractivity contribution is -0.0277. The number of carbonyl (C=O) groups excluding carboxylic acids is 1. The number of aromatic nitrogens is 4. The predicted molar refractivity (Wildman–Crippen MR) is 166 cm³/mol. The van der Waals surface area contributed by atoms with Gasteiger partial charge in [0, 0.05) is 54.9 Å². The second-order valence-electron chi connectivity index (χ2n) is 11.6. The highest BCUT2D eigenvalue weighted by Crippen LogP contribution is 2.30. The summed E-state index contributed by atoms with van der Waals surface area (Å²) in [6, 6.07) is 5.59. The Morgan fingerprint density at radius 3 is 2.41 bits per heavy atom. The zero-order chi connectivity index (χ0) is 33.1. The van der Waals surface area contributed by atoms with Crippen molar-refractivity contribution in [3.63, 3.8) is 0 Å². The summed E-state index contributed by atoms with van der Waals surface area (Å²) in [7, 11) is 0. The molecule has 1 N–H and O–H groups in total. The van der Waals surface area contributed by atoms with Crippen molar-refractivity contribution in [2.45, 2.75) is 83.6 Å². The third kappa shape index (κ3) is 6.66. The molecule has 15 heteroatoms. The van der Waals surface area contributed by atoms with E-state index in [0.717, 1.165) is 20.3 Å². The Morgan fingerprint density at radius 2 is 1.72 bits per heavy atom. The number of hydrogen-bond donors (Lipinski definition) is 1. The summed E-state index contributed by atoms with van der Waals surface area (Å²) in [6.07, 6.45) is 4.57. The van der Waals surface area contributed by atoms with E-state index in [-0.39, 0.29) is 31.5 Å². The van der Waals surface area contributed by atoms with Gasteiger partial charge in [0.2, 0.25) is 0 Å². The number of carbonyl (C=O) groups is 1. The van der Waals surface area contributed by atoms with E-state index in [1.165, 1.54) is 27.6 Å². The summed E-state index contributed by atoms with van der Waals surface area (Å²) in [5, 5.41) is 13.2. The molecule has 3 heterocycles. The fourth-order valence-corrected chi connectivity index (χ4v) is 6.02. The molecule has 0 saturated carbocycles. The number of benzene rings is 1. The average Bonchev–Trinajstić information content (AvgIpc) is 3.64. The van der Waals surface area contributed by atoms with Crippen LogP contribution in [0.5, 0.6) is 0 Å². The van der Waals surface area contributed by atoms with E-state index in [1.807, 2.05) is 19.9 Å². The normalized spacial score (nSPS) is 22.1. The molecule has 1 aliphatic heterocycles. The molecule has 15 nitrogen and oxygen atoms in total. The molecule has 3 aromatic rings. The number of rotatable bonds is 10. The van der Waals surface area contributed by atoms with Crippen molar-refractivity contribution in [1.82, 2.24) is 18.3 Å². The summed E-state index contributed by atoms with van der Waals surface area (Å²) in [5.74, 6) is -0.465. The number of aliphatic hydroxyl groups excluding tert-OH is 1. The number of esters is 1. The number of aliphatic hydroxyl groups is 1. The number of allylic oxidation sites excluding steroid dienone is 1. The molecule has 0 spiro atoms. The maximum Gasteiger partial charge on any atom is 0.338 e. The summed E-state index contributed by atoms with van der Waals surface area (Å²) in [4.78, 5) is 67.8. The summed E-state index contributed by atoms with van der Waals surface area (Å²) < 4.78 is 16.1. The second-order valence-corrected chi connectivity index (χ2v) is 11.6. The Kier molecular flexibility index (Phi) is 9.56. The molecule has 0 radical (unpaired) electrons. The van der Waals surface area contributed by atoms with Gasteiger partial charge in [0.05, 0.1) is 30.4 Å². The average molecular weight is 634 g/mol. The van der Waals surface area contributed by atoms with Gasteiger partial charge in [-0.25, -0.2) is 14.4 Å². The van der Waals surface area contributed by atoms with Gasteiger partial charge in [0.25, 0.3) is 11.1 Å². The van der Waals surface area contributed by atoms with Crippen molar-refractivity contribution >= 4 is 5.97 Å². The molecule has 1 saturated heterocycles. The van der Waals surface area contributed by atoms with Crippen molar-refractivity contribution in [2.75, 3.05) is 6.61 Å². The zero-order valence-electron chi connectivity index (χ0n) is 25.7. The van der Waals surface area contributed by atoms with Crippen molar-refractivity contribution in [3.05, 3.63) is 123 Å². The van der Waals surface area contributed by atoms with E-state index in [9.17, 15) is 29.1 Å². The lowest BCUT2D eigenvalue weighted by atomic mass is 10.1. The van der Waals surface area contributed by atoms with E-state index in [1.54, 1.807) is 31.2 Å². The molecule has 2 aliphatic rings. The minimum atomic E-state index is -0.863. The van der Waals surface area contributed by atoms with Crippen LogP contribution in [0.3, 0.4) is 0 Å². The third-order valence-corrected chi connectivity index (χ3v) is 8.22. The zero-order valence-corrected chi connectivity index (χ0v) is 25.7. The van der Waals surface area contributed by atoms with Crippen LogP contribution in [0.15, 0.2) is 73.1 Å². The van der Waals surface area contributed by atoms with Crippen molar-refractivity contribution in [3.8, 4) is 0 Å². The van der Waals surface area contributed by atoms with Crippen LogP contribution in [0.25, 0.3) is 10.4 Å². The number of nitrogens with zero attached hydrogens (tertiary/aromatic N) is 7. The number of azide groups is 1. The molecule has 2 aromatic heterocycles. The molecule has 1 fully saturated rings. The van der Waals surface area contributed by atoms with E-state index < -0.39 is 65.6 Å². The topological polar surface area (TPSA) is 193 Å².